The number of benzene rings is 1. The quantitative estimate of drug-likeness (QED) is 0.398. The number of hydrogen-bond acceptors (Lipinski definition) is 9. The zero-order chi connectivity index (χ0) is 29.0. The fourth-order valence-corrected chi connectivity index (χ4v) is 5.15. The number of rotatable bonds is 8. The first-order valence-electron chi connectivity index (χ1n) is 14.3. The fourth-order valence-electron chi connectivity index (χ4n) is 5.15. The lowest BCUT2D eigenvalue weighted by molar-refractivity contribution is 0.000843. The second-order valence-electron chi connectivity index (χ2n) is 11.8. The maximum atomic E-state index is 12.2. The molecular weight excluding hydrogens is 518 g/mol. The van der Waals surface area contributed by atoms with Gasteiger partial charge in [-0.2, -0.15) is 10.4 Å². The van der Waals surface area contributed by atoms with E-state index < -0.39 is 5.60 Å². The Hall–Kier alpha value is -4.17. The van der Waals surface area contributed by atoms with Crippen molar-refractivity contribution in [3.63, 3.8) is 0 Å². The van der Waals surface area contributed by atoms with E-state index in [-0.39, 0.29) is 12.0 Å². The molecule has 4 heterocycles. The molecule has 1 amide bonds. The third kappa shape index (κ3) is 7.13. The monoisotopic (exact) mass is 557 g/mol. The van der Waals surface area contributed by atoms with Crippen LogP contribution < -0.4 is 10.6 Å². The third-order valence-corrected chi connectivity index (χ3v) is 7.55. The Bertz CT molecular complexity index is 1380. The van der Waals surface area contributed by atoms with Crippen LogP contribution in [0.2, 0.25) is 0 Å². The van der Waals surface area contributed by atoms with Gasteiger partial charge in [-0.15, -0.1) is 0 Å². The van der Waals surface area contributed by atoms with Crippen molar-refractivity contribution >= 4 is 23.4 Å². The van der Waals surface area contributed by atoms with Crippen molar-refractivity contribution in [1.82, 2.24) is 29.5 Å². The topological polar surface area (TPSA) is 124 Å². The molecule has 0 radical (unpaired) electrons. The van der Waals surface area contributed by atoms with Gasteiger partial charge in [-0.1, -0.05) is 6.92 Å². The van der Waals surface area contributed by atoms with Crippen LogP contribution in [0.3, 0.4) is 0 Å². The highest BCUT2D eigenvalue weighted by atomic mass is 16.6. The molecule has 0 aliphatic carbocycles. The van der Waals surface area contributed by atoms with E-state index in [1.54, 1.807) is 23.4 Å². The molecule has 216 valence electrons. The molecular formula is C30H39N9O2. The van der Waals surface area contributed by atoms with Crippen LogP contribution in [0.5, 0.6) is 0 Å². The standard InChI is InChI=1S/C30H39N9O2/c1-5-37-10-8-26(9-11-37)39-20-24(17-35-39)23-15-33-28(34-16-23)36-25-7-6-22(13-31)27(12-25)32-14-21-18-38(19-21)29(40)41-30(2,3)4/h6-7,12,15-17,20-21,26,32H,5,8-11,14,18-19H2,1-4H3,(H,33,34,36). The Kier molecular flexibility index (Phi) is 8.40. The van der Waals surface area contributed by atoms with Gasteiger partial charge in [0.2, 0.25) is 5.95 Å². The predicted octanol–water partition coefficient (Wildman–Crippen LogP) is 4.89. The number of nitrogens with one attached hydrogen (secondary N) is 2. The molecule has 0 unspecified atom stereocenters. The number of nitrogens with zero attached hydrogens (tertiary/aromatic N) is 7. The van der Waals surface area contributed by atoms with E-state index in [1.807, 2.05) is 39.1 Å². The summed E-state index contributed by atoms with van der Waals surface area (Å²) in [6, 6.07) is 8.16. The molecule has 2 fully saturated rings. The van der Waals surface area contributed by atoms with Crippen LogP contribution >= 0.6 is 0 Å². The van der Waals surface area contributed by atoms with E-state index in [2.05, 4.69) is 54.5 Å². The molecule has 0 bridgehead atoms. The van der Waals surface area contributed by atoms with Crippen molar-refractivity contribution in [1.29, 1.82) is 5.26 Å². The summed E-state index contributed by atoms with van der Waals surface area (Å²) in [5.74, 6) is 0.755. The van der Waals surface area contributed by atoms with Crippen LogP contribution in [0.25, 0.3) is 11.1 Å². The molecule has 11 heteroatoms. The van der Waals surface area contributed by atoms with Gasteiger partial charge < -0.3 is 25.2 Å². The molecule has 5 rings (SSSR count). The van der Waals surface area contributed by atoms with E-state index in [0.717, 1.165) is 55.0 Å². The minimum absolute atomic E-state index is 0.287. The summed E-state index contributed by atoms with van der Waals surface area (Å²) in [6.07, 6.45) is 9.50. The Balaban J connectivity index is 1.15. The molecule has 2 aliphatic heterocycles. The Morgan fingerprint density at radius 1 is 1.12 bits per heavy atom. The zero-order valence-corrected chi connectivity index (χ0v) is 24.3. The van der Waals surface area contributed by atoms with Crippen LogP contribution in [0, 0.1) is 17.2 Å². The SMILES string of the molecule is CCN1CCC(n2cc(-c3cnc(Nc4ccc(C#N)c(NCC5CN(C(=O)OC(C)(C)C)C5)c4)nc3)cn2)CC1. The van der Waals surface area contributed by atoms with Crippen molar-refractivity contribution in [3.05, 3.63) is 48.5 Å². The maximum Gasteiger partial charge on any atom is 0.410 e. The van der Waals surface area contributed by atoms with Crippen molar-refractivity contribution in [2.45, 2.75) is 52.2 Å². The smallest absolute Gasteiger partial charge is 0.410 e. The van der Waals surface area contributed by atoms with Crippen molar-refractivity contribution in [2.24, 2.45) is 5.92 Å². The molecule has 0 saturated carbocycles. The minimum Gasteiger partial charge on any atom is -0.444 e. The summed E-state index contributed by atoms with van der Waals surface area (Å²) in [5, 5.41) is 20.8. The predicted molar refractivity (Wildman–Crippen MR) is 158 cm³/mol. The summed E-state index contributed by atoms with van der Waals surface area (Å²) in [6.45, 7) is 13.0. The molecule has 2 N–H and O–H groups in total. The Morgan fingerprint density at radius 2 is 1.85 bits per heavy atom. The van der Waals surface area contributed by atoms with Gasteiger partial charge in [0.1, 0.15) is 11.7 Å². The highest BCUT2D eigenvalue weighted by Gasteiger charge is 2.33. The fraction of sp³-hybridized carbons (Fsp3) is 0.500. The zero-order valence-electron chi connectivity index (χ0n) is 24.3. The number of carbonyl (C=O) groups is 1. The lowest BCUT2D eigenvalue weighted by Gasteiger charge is -2.40. The number of amides is 1. The molecule has 2 saturated heterocycles. The average molecular weight is 558 g/mol. The van der Waals surface area contributed by atoms with Gasteiger partial charge >= 0.3 is 6.09 Å². The van der Waals surface area contributed by atoms with E-state index >= 15 is 0 Å². The first kappa shape index (κ1) is 28.4. The summed E-state index contributed by atoms with van der Waals surface area (Å²) >= 11 is 0. The van der Waals surface area contributed by atoms with Crippen LogP contribution in [0.1, 0.15) is 52.1 Å². The van der Waals surface area contributed by atoms with Gasteiger partial charge in [-0.05, 0) is 58.4 Å². The number of aromatic nitrogens is 4. The van der Waals surface area contributed by atoms with Crippen molar-refractivity contribution < 1.29 is 9.53 Å². The van der Waals surface area contributed by atoms with Gasteiger partial charge in [-0.3, -0.25) is 4.68 Å². The highest BCUT2D eigenvalue weighted by Crippen LogP contribution is 2.27. The van der Waals surface area contributed by atoms with Gasteiger partial charge in [0.25, 0.3) is 0 Å². The average Bonchev–Trinajstić information content (AvgIpc) is 3.42. The second-order valence-corrected chi connectivity index (χ2v) is 11.8. The van der Waals surface area contributed by atoms with Crippen LogP contribution in [0.15, 0.2) is 43.0 Å². The minimum atomic E-state index is -0.505. The van der Waals surface area contributed by atoms with Crippen molar-refractivity contribution in [2.75, 3.05) is 49.9 Å². The van der Waals surface area contributed by atoms with E-state index in [0.29, 0.717) is 37.2 Å². The van der Waals surface area contributed by atoms with Crippen molar-refractivity contribution in [3.8, 4) is 17.2 Å². The normalized spacial score (nSPS) is 16.6. The third-order valence-electron chi connectivity index (χ3n) is 7.55. The molecule has 0 spiro atoms. The number of nitriles is 1. The largest absolute Gasteiger partial charge is 0.444 e. The highest BCUT2D eigenvalue weighted by molar-refractivity contribution is 5.70. The first-order chi connectivity index (χ1) is 19.7. The summed E-state index contributed by atoms with van der Waals surface area (Å²) in [5.41, 5.74) is 3.45. The maximum absolute atomic E-state index is 12.2. The van der Waals surface area contributed by atoms with Gasteiger partial charge in [0, 0.05) is 74.0 Å². The summed E-state index contributed by atoms with van der Waals surface area (Å²) in [7, 11) is 0. The molecule has 0 atom stereocenters. The van der Waals surface area contributed by atoms with E-state index in [9.17, 15) is 10.1 Å². The van der Waals surface area contributed by atoms with Gasteiger partial charge in [0.15, 0.2) is 0 Å². The number of ether oxygens (including phenoxy) is 1. The number of likely N-dealkylation sites (tertiary alicyclic amines) is 2. The molecule has 2 aromatic heterocycles. The van der Waals surface area contributed by atoms with Crippen LogP contribution in [0.4, 0.5) is 22.1 Å². The van der Waals surface area contributed by atoms with E-state index in [4.69, 9.17) is 4.74 Å². The lowest BCUT2D eigenvalue weighted by Crippen LogP contribution is -2.53. The number of carbonyl (C=O) groups excluding carboxylic acids is 1. The molecule has 1 aromatic carbocycles. The second kappa shape index (κ2) is 12.1. The van der Waals surface area contributed by atoms with Crippen LogP contribution in [-0.2, 0) is 4.74 Å². The number of anilines is 3. The lowest BCUT2D eigenvalue weighted by atomic mass is 10.0. The summed E-state index contributed by atoms with van der Waals surface area (Å²) < 4.78 is 7.51. The van der Waals surface area contributed by atoms with Gasteiger partial charge in [0.05, 0.1) is 23.5 Å². The molecule has 41 heavy (non-hydrogen) atoms. The molecule has 11 nitrogen and oxygen atoms in total. The number of hydrogen-bond donors (Lipinski definition) is 2. The molecule has 2 aliphatic rings. The Labute approximate surface area is 241 Å². The molecule has 3 aromatic rings. The summed E-state index contributed by atoms with van der Waals surface area (Å²) in [4.78, 5) is 25.4. The van der Waals surface area contributed by atoms with Gasteiger partial charge in [-0.25, -0.2) is 14.8 Å². The number of piperidine rings is 1. The Morgan fingerprint density at radius 3 is 2.51 bits per heavy atom. The first-order valence-corrected chi connectivity index (χ1v) is 14.3. The van der Waals surface area contributed by atoms with Crippen LogP contribution in [-0.4, -0.2) is 80.5 Å². The van der Waals surface area contributed by atoms with E-state index in [1.165, 1.54) is 0 Å².